The van der Waals surface area contributed by atoms with Crippen LogP contribution in [-0.4, -0.2) is 32.6 Å². The molecule has 0 radical (unpaired) electrons. The zero-order valence-corrected chi connectivity index (χ0v) is 18.5. The Kier molecular flexibility index (Phi) is 8.14. The highest BCUT2D eigenvalue weighted by Crippen LogP contribution is 2.29. The first-order valence-electron chi connectivity index (χ1n) is 10.3. The number of benzene rings is 2. The minimum Gasteiger partial charge on any atom is -0.493 e. The lowest BCUT2D eigenvalue weighted by atomic mass is 10.1. The van der Waals surface area contributed by atoms with E-state index in [1.54, 1.807) is 32.6 Å². The van der Waals surface area contributed by atoms with E-state index in [9.17, 15) is 4.79 Å². The van der Waals surface area contributed by atoms with Crippen LogP contribution in [0.1, 0.15) is 28.6 Å². The maximum atomic E-state index is 12.5. The van der Waals surface area contributed by atoms with Crippen molar-refractivity contribution < 1.29 is 18.7 Å². The van der Waals surface area contributed by atoms with Crippen LogP contribution in [0.2, 0.25) is 0 Å². The van der Waals surface area contributed by atoms with Crippen molar-refractivity contribution in [1.82, 2.24) is 10.6 Å². The summed E-state index contributed by atoms with van der Waals surface area (Å²) >= 11 is 0. The van der Waals surface area contributed by atoms with Gasteiger partial charge in [-0.3, -0.25) is 4.79 Å². The molecule has 0 atom stereocenters. The van der Waals surface area contributed by atoms with Gasteiger partial charge in [0.1, 0.15) is 5.76 Å². The van der Waals surface area contributed by atoms with E-state index >= 15 is 0 Å². The summed E-state index contributed by atoms with van der Waals surface area (Å²) in [5.74, 6) is 2.44. The highest BCUT2D eigenvalue weighted by molar-refractivity contribution is 5.95. The predicted molar refractivity (Wildman–Crippen MR) is 124 cm³/mol. The second-order valence-electron chi connectivity index (χ2n) is 6.85. The quantitative estimate of drug-likeness (QED) is 0.349. The molecule has 168 valence electrons. The molecule has 0 fully saturated rings. The molecule has 0 aliphatic carbocycles. The molecule has 32 heavy (non-hydrogen) atoms. The van der Waals surface area contributed by atoms with Gasteiger partial charge in [0.15, 0.2) is 17.5 Å². The number of aliphatic imine (C=N–C) groups is 1. The van der Waals surface area contributed by atoms with Gasteiger partial charge in [0.05, 0.1) is 33.6 Å². The molecule has 0 aliphatic rings. The average molecular weight is 437 g/mol. The van der Waals surface area contributed by atoms with Gasteiger partial charge in [0.25, 0.3) is 5.91 Å². The number of rotatable bonds is 9. The number of nitrogens with one attached hydrogen (secondary N) is 3. The van der Waals surface area contributed by atoms with Crippen LogP contribution in [0.3, 0.4) is 0 Å². The number of guanidine groups is 1. The van der Waals surface area contributed by atoms with Gasteiger partial charge in [-0.1, -0.05) is 12.1 Å². The zero-order chi connectivity index (χ0) is 22.8. The maximum Gasteiger partial charge on any atom is 0.251 e. The third-order valence-electron chi connectivity index (χ3n) is 4.60. The number of carbonyl (C=O) groups excluding carboxylic acids is 1. The molecule has 1 heterocycles. The highest BCUT2D eigenvalue weighted by atomic mass is 16.5. The fourth-order valence-corrected chi connectivity index (χ4v) is 3.02. The van der Waals surface area contributed by atoms with Crippen LogP contribution in [0.15, 0.2) is 70.3 Å². The van der Waals surface area contributed by atoms with Gasteiger partial charge in [-0.2, -0.15) is 0 Å². The molecule has 3 rings (SSSR count). The van der Waals surface area contributed by atoms with Crippen LogP contribution in [0.25, 0.3) is 0 Å². The Morgan fingerprint density at radius 3 is 2.56 bits per heavy atom. The molecular weight excluding hydrogens is 408 g/mol. The normalized spacial score (nSPS) is 11.0. The number of anilines is 1. The summed E-state index contributed by atoms with van der Waals surface area (Å²) in [6, 6.07) is 16.6. The number of methoxy groups -OCH3 is 2. The Hall–Kier alpha value is -3.94. The first-order chi connectivity index (χ1) is 15.6. The molecule has 1 aromatic heterocycles. The Labute approximate surface area is 187 Å². The largest absolute Gasteiger partial charge is 0.493 e. The van der Waals surface area contributed by atoms with E-state index in [1.807, 2.05) is 49.4 Å². The molecule has 8 heteroatoms. The summed E-state index contributed by atoms with van der Waals surface area (Å²) in [6.45, 7) is 3.44. The van der Waals surface area contributed by atoms with E-state index in [0.29, 0.717) is 48.4 Å². The lowest BCUT2D eigenvalue weighted by Gasteiger charge is -2.14. The van der Waals surface area contributed by atoms with E-state index in [0.717, 1.165) is 11.3 Å². The average Bonchev–Trinajstić information content (AvgIpc) is 3.35. The number of nitrogens with zero attached hydrogens (tertiary/aromatic N) is 1. The van der Waals surface area contributed by atoms with Crippen LogP contribution in [0.5, 0.6) is 11.5 Å². The number of hydrogen-bond donors (Lipinski definition) is 3. The van der Waals surface area contributed by atoms with E-state index in [4.69, 9.17) is 13.9 Å². The van der Waals surface area contributed by atoms with E-state index in [2.05, 4.69) is 20.9 Å². The number of hydrogen-bond acceptors (Lipinski definition) is 5. The molecular formula is C24H28N4O4. The monoisotopic (exact) mass is 436 g/mol. The molecule has 3 N–H and O–H groups in total. The fraction of sp³-hybridized carbons (Fsp3) is 0.250. The topological polar surface area (TPSA) is 97.1 Å². The Morgan fingerprint density at radius 2 is 1.84 bits per heavy atom. The van der Waals surface area contributed by atoms with Crippen molar-refractivity contribution in [1.29, 1.82) is 0 Å². The summed E-state index contributed by atoms with van der Waals surface area (Å²) in [5, 5.41) is 9.33. The Morgan fingerprint density at radius 1 is 1.00 bits per heavy atom. The summed E-state index contributed by atoms with van der Waals surface area (Å²) in [6.07, 6.45) is 1.58. The van der Waals surface area contributed by atoms with Crippen molar-refractivity contribution in [3.63, 3.8) is 0 Å². The van der Waals surface area contributed by atoms with Crippen LogP contribution < -0.4 is 25.4 Å². The Balaban J connectivity index is 1.67. The molecule has 0 bridgehead atoms. The molecule has 0 saturated heterocycles. The SMILES string of the molecule is CCNC(=NCc1cccc(C(=O)NCc2ccco2)c1)Nc1ccc(OC)c(OC)c1. The second-order valence-corrected chi connectivity index (χ2v) is 6.85. The van der Waals surface area contributed by atoms with Gasteiger partial charge in [0, 0.05) is 23.9 Å². The molecule has 0 saturated carbocycles. The number of ether oxygens (including phenoxy) is 2. The van der Waals surface area contributed by atoms with Crippen molar-refractivity contribution in [3.05, 3.63) is 77.7 Å². The van der Waals surface area contributed by atoms with Gasteiger partial charge in [0.2, 0.25) is 0 Å². The fourth-order valence-electron chi connectivity index (χ4n) is 3.02. The van der Waals surface area contributed by atoms with Crippen molar-refractivity contribution in [2.24, 2.45) is 4.99 Å². The number of furan rings is 1. The van der Waals surface area contributed by atoms with Crippen LogP contribution >= 0.6 is 0 Å². The minimum atomic E-state index is -0.164. The summed E-state index contributed by atoms with van der Waals surface area (Å²) in [5.41, 5.74) is 2.30. The summed E-state index contributed by atoms with van der Waals surface area (Å²) in [4.78, 5) is 17.1. The van der Waals surface area contributed by atoms with E-state index < -0.39 is 0 Å². The second kappa shape index (κ2) is 11.5. The van der Waals surface area contributed by atoms with Crippen molar-refractivity contribution in [2.75, 3.05) is 26.1 Å². The van der Waals surface area contributed by atoms with E-state index in [-0.39, 0.29) is 5.91 Å². The van der Waals surface area contributed by atoms with Crippen LogP contribution in [-0.2, 0) is 13.1 Å². The summed E-state index contributed by atoms with van der Waals surface area (Å²) < 4.78 is 15.9. The molecule has 3 aromatic rings. The van der Waals surface area contributed by atoms with Gasteiger partial charge in [-0.25, -0.2) is 4.99 Å². The van der Waals surface area contributed by atoms with Gasteiger partial charge < -0.3 is 29.8 Å². The van der Waals surface area contributed by atoms with Crippen molar-refractivity contribution in [3.8, 4) is 11.5 Å². The van der Waals surface area contributed by atoms with Gasteiger partial charge >= 0.3 is 0 Å². The first-order valence-corrected chi connectivity index (χ1v) is 10.3. The lowest BCUT2D eigenvalue weighted by Crippen LogP contribution is -2.30. The van der Waals surface area contributed by atoms with Crippen molar-refractivity contribution >= 4 is 17.6 Å². The standard InChI is InChI=1S/C24H28N4O4/c1-4-25-24(28-19-10-11-21(30-2)22(14-19)31-3)27-15-17-7-5-8-18(13-17)23(29)26-16-20-9-6-12-32-20/h5-14H,4,15-16H2,1-3H3,(H,26,29)(H2,25,27,28). The highest BCUT2D eigenvalue weighted by Gasteiger charge is 2.08. The molecule has 0 aliphatic heterocycles. The molecule has 1 amide bonds. The zero-order valence-electron chi connectivity index (χ0n) is 18.5. The number of amides is 1. The third kappa shape index (κ3) is 6.28. The van der Waals surface area contributed by atoms with Crippen molar-refractivity contribution in [2.45, 2.75) is 20.0 Å². The van der Waals surface area contributed by atoms with Gasteiger partial charge in [-0.05, 0) is 48.9 Å². The molecule has 8 nitrogen and oxygen atoms in total. The first kappa shape index (κ1) is 22.7. The van der Waals surface area contributed by atoms with Crippen LogP contribution in [0, 0.1) is 0 Å². The van der Waals surface area contributed by atoms with Gasteiger partial charge in [-0.15, -0.1) is 0 Å². The maximum absolute atomic E-state index is 12.5. The number of carbonyl (C=O) groups is 1. The molecule has 2 aromatic carbocycles. The smallest absolute Gasteiger partial charge is 0.251 e. The summed E-state index contributed by atoms with van der Waals surface area (Å²) in [7, 11) is 3.19. The van der Waals surface area contributed by atoms with E-state index in [1.165, 1.54) is 0 Å². The predicted octanol–water partition coefficient (Wildman–Crippen LogP) is 3.80. The Bertz CT molecular complexity index is 1050. The third-order valence-corrected chi connectivity index (χ3v) is 4.60. The molecule has 0 spiro atoms. The lowest BCUT2D eigenvalue weighted by molar-refractivity contribution is 0.0948. The minimum absolute atomic E-state index is 0.164. The molecule has 0 unspecified atom stereocenters. The van der Waals surface area contributed by atoms with Crippen LogP contribution in [0.4, 0.5) is 5.69 Å².